The molecule has 0 saturated carbocycles. The Balaban J connectivity index is 1.88. The number of thiazole rings is 1. The molecule has 0 bridgehead atoms. The van der Waals surface area contributed by atoms with Gasteiger partial charge in [0.05, 0.1) is 12.3 Å². The molecule has 0 saturated heterocycles. The van der Waals surface area contributed by atoms with Crippen molar-refractivity contribution in [2.24, 2.45) is 0 Å². The summed E-state index contributed by atoms with van der Waals surface area (Å²) in [6, 6.07) is 8.32. The molecule has 0 spiro atoms. The highest BCUT2D eigenvalue weighted by Gasteiger charge is 2.13. The molecule has 0 fully saturated rings. The second kappa shape index (κ2) is 8.76. The Hall–Kier alpha value is -1.76. The van der Waals surface area contributed by atoms with Gasteiger partial charge in [0, 0.05) is 39.0 Å². The second-order valence-electron chi connectivity index (χ2n) is 5.24. The first-order chi connectivity index (χ1) is 11.1. The van der Waals surface area contributed by atoms with Gasteiger partial charge >= 0.3 is 0 Å². The molecule has 2 rings (SSSR count). The van der Waals surface area contributed by atoms with E-state index < -0.39 is 0 Å². The second-order valence-corrected chi connectivity index (χ2v) is 6.08. The van der Waals surface area contributed by atoms with Crippen LogP contribution in [0.5, 0.6) is 0 Å². The maximum Gasteiger partial charge on any atom is 0.225 e. The van der Waals surface area contributed by atoms with Gasteiger partial charge in [-0.15, -0.1) is 11.3 Å². The van der Waals surface area contributed by atoms with E-state index in [1.807, 2.05) is 18.4 Å². The van der Waals surface area contributed by atoms with Gasteiger partial charge in [0.25, 0.3) is 0 Å². The van der Waals surface area contributed by atoms with Gasteiger partial charge in [-0.3, -0.25) is 9.69 Å². The lowest BCUT2D eigenvalue weighted by molar-refractivity contribution is -0.116. The molecule has 6 heteroatoms. The standard InChI is InChI=1S/C17H23N3O2S/c1-4-20(13(2)21)17-19-16(12-23-17)10-18-9-14-6-5-7-15(8-14)11-22-3/h5-8,12,18H,4,9-11H2,1-3H3. The molecule has 124 valence electrons. The maximum absolute atomic E-state index is 11.5. The zero-order valence-electron chi connectivity index (χ0n) is 13.8. The Morgan fingerprint density at radius 2 is 2.13 bits per heavy atom. The third-order valence-corrected chi connectivity index (χ3v) is 4.32. The monoisotopic (exact) mass is 333 g/mol. The molecular formula is C17H23N3O2S. The van der Waals surface area contributed by atoms with Gasteiger partial charge in [-0.05, 0) is 18.1 Å². The Labute approximate surface area is 141 Å². The van der Waals surface area contributed by atoms with Crippen LogP contribution in [0.15, 0.2) is 29.6 Å². The Bertz CT molecular complexity index is 642. The number of hydrogen-bond donors (Lipinski definition) is 1. The van der Waals surface area contributed by atoms with Gasteiger partial charge in [-0.25, -0.2) is 4.98 Å². The van der Waals surface area contributed by atoms with Crippen LogP contribution in [0.1, 0.15) is 30.7 Å². The number of ether oxygens (including phenoxy) is 1. The molecular weight excluding hydrogens is 310 g/mol. The van der Waals surface area contributed by atoms with E-state index in [0.29, 0.717) is 19.7 Å². The molecule has 1 aromatic heterocycles. The van der Waals surface area contributed by atoms with E-state index in [4.69, 9.17) is 4.74 Å². The lowest BCUT2D eigenvalue weighted by Gasteiger charge is -2.14. The number of aromatic nitrogens is 1. The Kier molecular flexibility index (Phi) is 6.70. The highest BCUT2D eigenvalue weighted by molar-refractivity contribution is 7.14. The number of methoxy groups -OCH3 is 1. The van der Waals surface area contributed by atoms with Crippen LogP contribution < -0.4 is 10.2 Å². The summed E-state index contributed by atoms with van der Waals surface area (Å²) in [7, 11) is 1.70. The lowest BCUT2D eigenvalue weighted by atomic mass is 10.1. The lowest BCUT2D eigenvalue weighted by Crippen LogP contribution is -2.27. The third-order valence-electron chi connectivity index (χ3n) is 3.40. The van der Waals surface area contributed by atoms with Crippen molar-refractivity contribution in [1.82, 2.24) is 10.3 Å². The fourth-order valence-electron chi connectivity index (χ4n) is 2.33. The largest absolute Gasteiger partial charge is 0.380 e. The minimum atomic E-state index is 0.0244. The SMILES string of the molecule is CCN(C(C)=O)c1nc(CNCc2cccc(COC)c2)cs1. The average Bonchev–Trinajstić information content (AvgIpc) is 2.97. The molecule has 0 aliphatic rings. The van der Waals surface area contributed by atoms with Crippen LogP contribution in [0.25, 0.3) is 0 Å². The van der Waals surface area contributed by atoms with E-state index in [9.17, 15) is 4.79 Å². The summed E-state index contributed by atoms with van der Waals surface area (Å²) in [5.74, 6) is 0.0244. The summed E-state index contributed by atoms with van der Waals surface area (Å²) in [5, 5.41) is 6.14. The van der Waals surface area contributed by atoms with Crippen molar-refractivity contribution in [2.45, 2.75) is 33.5 Å². The van der Waals surface area contributed by atoms with Crippen LogP contribution in [-0.4, -0.2) is 24.5 Å². The topological polar surface area (TPSA) is 54.5 Å². The van der Waals surface area contributed by atoms with Gasteiger partial charge in [-0.2, -0.15) is 0 Å². The molecule has 1 N–H and O–H groups in total. The first kappa shape index (κ1) is 17.6. The first-order valence-electron chi connectivity index (χ1n) is 7.64. The molecule has 0 unspecified atom stereocenters. The minimum absolute atomic E-state index is 0.0244. The van der Waals surface area contributed by atoms with E-state index in [1.54, 1.807) is 18.9 Å². The third kappa shape index (κ3) is 5.13. The smallest absolute Gasteiger partial charge is 0.225 e. The van der Waals surface area contributed by atoms with Crippen molar-refractivity contribution in [2.75, 3.05) is 18.6 Å². The Morgan fingerprint density at radius 1 is 1.35 bits per heavy atom. The van der Waals surface area contributed by atoms with Crippen molar-refractivity contribution < 1.29 is 9.53 Å². The predicted octanol–water partition coefficient (Wildman–Crippen LogP) is 2.95. The number of rotatable bonds is 8. The summed E-state index contributed by atoms with van der Waals surface area (Å²) in [6.45, 7) is 6.24. The van der Waals surface area contributed by atoms with Gasteiger partial charge in [0.1, 0.15) is 0 Å². The van der Waals surface area contributed by atoms with E-state index >= 15 is 0 Å². The van der Waals surface area contributed by atoms with Crippen LogP contribution in [-0.2, 0) is 29.2 Å². The van der Waals surface area contributed by atoms with Crippen LogP contribution in [0.2, 0.25) is 0 Å². The molecule has 1 heterocycles. The highest BCUT2D eigenvalue weighted by atomic mass is 32.1. The van der Waals surface area contributed by atoms with Crippen molar-refractivity contribution >= 4 is 22.4 Å². The fourth-order valence-corrected chi connectivity index (χ4v) is 3.26. The predicted molar refractivity (Wildman–Crippen MR) is 93.5 cm³/mol. The number of hydrogen-bond acceptors (Lipinski definition) is 5. The number of nitrogens with zero attached hydrogens (tertiary/aromatic N) is 2. The van der Waals surface area contributed by atoms with E-state index in [0.717, 1.165) is 17.4 Å². The normalized spacial score (nSPS) is 10.7. The summed E-state index contributed by atoms with van der Waals surface area (Å²) < 4.78 is 5.15. The van der Waals surface area contributed by atoms with Crippen molar-refractivity contribution in [1.29, 1.82) is 0 Å². The summed E-state index contributed by atoms with van der Waals surface area (Å²) in [5.41, 5.74) is 3.34. The molecule has 5 nitrogen and oxygen atoms in total. The van der Waals surface area contributed by atoms with Crippen LogP contribution >= 0.6 is 11.3 Å². The molecule has 0 radical (unpaired) electrons. The number of carbonyl (C=O) groups is 1. The van der Waals surface area contributed by atoms with Crippen molar-refractivity contribution in [3.63, 3.8) is 0 Å². The van der Waals surface area contributed by atoms with E-state index in [2.05, 4.69) is 28.5 Å². The minimum Gasteiger partial charge on any atom is -0.380 e. The number of nitrogens with one attached hydrogen (secondary N) is 1. The van der Waals surface area contributed by atoms with Crippen LogP contribution in [0, 0.1) is 0 Å². The highest BCUT2D eigenvalue weighted by Crippen LogP contribution is 2.20. The maximum atomic E-state index is 11.5. The molecule has 1 amide bonds. The van der Waals surface area contributed by atoms with Crippen LogP contribution in [0.3, 0.4) is 0 Å². The molecule has 2 aromatic rings. The number of amides is 1. The molecule has 1 aromatic carbocycles. The van der Waals surface area contributed by atoms with Gasteiger partial charge in [0.2, 0.25) is 5.91 Å². The summed E-state index contributed by atoms with van der Waals surface area (Å²) >= 11 is 1.50. The zero-order chi connectivity index (χ0) is 16.7. The number of anilines is 1. The summed E-state index contributed by atoms with van der Waals surface area (Å²) in [4.78, 5) is 17.7. The number of benzene rings is 1. The molecule has 0 atom stereocenters. The summed E-state index contributed by atoms with van der Waals surface area (Å²) in [6.07, 6.45) is 0. The fraction of sp³-hybridized carbons (Fsp3) is 0.412. The molecule has 0 aliphatic heterocycles. The van der Waals surface area contributed by atoms with E-state index in [1.165, 1.54) is 22.5 Å². The van der Waals surface area contributed by atoms with Crippen molar-refractivity contribution in [3.8, 4) is 0 Å². The van der Waals surface area contributed by atoms with Crippen molar-refractivity contribution in [3.05, 3.63) is 46.5 Å². The Morgan fingerprint density at radius 3 is 2.83 bits per heavy atom. The zero-order valence-corrected chi connectivity index (χ0v) is 14.7. The van der Waals surface area contributed by atoms with Gasteiger partial charge in [0.15, 0.2) is 5.13 Å². The molecule has 0 aliphatic carbocycles. The number of carbonyl (C=O) groups excluding carboxylic acids is 1. The van der Waals surface area contributed by atoms with Gasteiger partial charge < -0.3 is 10.1 Å². The van der Waals surface area contributed by atoms with Crippen LogP contribution in [0.4, 0.5) is 5.13 Å². The average molecular weight is 333 g/mol. The quantitative estimate of drug-likeness (QED) is 0.807. The van der Waals surface area contributed by atoms with E-state index in [-0.39, 0.29) is 5.91 Å². The first-order valence-corrected chi connectivity index (χ1v) is 8.52. The van der Waals surface area contributed by atoms with Gasteiger partial charge in [-0.1, -0.05) is 24.3 Å². The molecule has 23 heavy (non-hydrogen) atoms.